The number of rotatable bonds is 6. The minimum atomic E-state index is -0.101. The molecule has 0 fully saturated rings. The molecule has 1 N–H and O–H groups in total. The zero-order valence-corrected chi connectivity index (χ0v) is 12.5. The standard InChI is InChI=1S/C15H24N2O2/c1-12-6-8-13(9-7-12)19-10-14(18)16-11-15(2,3)17(4)5/h6-9H,10-11H2,1-5H3,(H,16,18). The van der Waals surface area contributed by atoms with Gasteiger partial charge in [-0.25, -0.2) is 0 Å². The van der Waals surface area contributed by atoms with Gasteiger partial charge in [0.2, 0.25) is 0 Å². The van der Waals surface area contributed by atoms with E-state index < -0.39 is 0 Å². The summed E-state index contributed by atoms with van der Waals surface area (Å²) in [6.45, 7) is 6.81. The number of nitrogens with one attached hydrogen (secondary N) is 1. The van der Waals surface area contributed by atoms with Crippen molar-refractivity contribution in [2.24, 2.45) is 0 Å². The van der Waals surface area contributed by atoms with Gasteiger partial charge in [-0.3, -0.25) is 4.79 Å². The second-order valence-electron chi connectivity index (χ2n) is 5.59. The Labute approximate surface area is 115 Å². The van der Waals surface area contributed by atoms with Crippen molar-refractivity contribution >= 4 is 5.91 Å². The molecule has 1 rings (SSSR count). The van der Waals surface area contributed by atoms with Gasteiger partial charge in [0, 0.05) is 12.1 Å². The van der Waals surface area contributed by atoms with Crippen LogP contribution in [0.3, 0.4) is 0 Å². The molecule has 1 aromatic rings. The quantitative estimate of drug-likeness (QED) is 0.852. The normalized spacial score (nSPS) is 11.5. The van der Waals surface area contributed by atoms with Crippen LogP contribution in [0.1, 0.15) is 19.4 Å². The van der Waals surface area contributed by atoms with E-state index in [0.29, 0.717) is 12.3 Å². The van der Waals surface area contributed by atoms with Crippen molar-refractivity contribution in [1.82, 2.24) is 10.2 Å². The van der Waals surface area contributed by atoms with Crippen molar-refractivity contribution in [1.29, 1.82) is 0 Å². The first-order chi connectivity index (χ1) is 8.81. The highest BCUT2D eigenvalue weighted by Gasteiger charge is 2.20. The summed E-state index contributed by atoms with van der Waals surface area (Å²) in [6, 6.07) is 7.66. The number of carbonyl (C=O) groups is 1. The summed E-state index contributed by atoms with van der Waals surface area (Å²) in [6.07, 6.45) is 0. The highest BCUT2D eigenvalue weighted by atomic mass is 16.5. The Morgan fingerprint density at radius 3 is 2.37 bits per heavy atom. The van der Waals surface area contributed by atoms with Crippen LogP contribution >= 0.6 is 0 Å². The summed E-state index contributed by atoms with van der Waals surface area (Å²) < 4.78 is 5.42. The number of hydrogen-bond donors (Lipinski definition) is 1. The van der Waals surface area contributed by atoms with Gasteiger partial charge in [0.05, 0.1) is 0 Å². The summed E-state index contributed by atoms with van der Waals surface area (Å²) in [7, 11) is 3.99. The lowest BCUT2D eigenvalue weighted by atomic mass is 10.0. The zero-order valence-electron chi connectivity index (χ0n) is 12.5. The molecule has 0 spiro atoms. The number of amides is 1. The summed E-state index contributed by atoms with van der Waals surface area (Å²) in [5, 5.41) is 2.88. The van der Waals surface area contributed by atoms with Gasteiger partial charge in [0.1, 0.15) is 5.75 Å². The SMILES string of the molecule is Cc1ccc(OCC(=O)NCC(C)(C)N(C)C)cc1. The molecule has 0 aliphatic heterocycles. The second kappa shape index (κ2) is 6.57. The number of likely N-dealkylation sites (N-methyl/N-ethyl adjacent to an activating group) is 1. The van der Waals surface area contributed by atoms with Crippen LogP contribution in [0.25, 0.3) is 0 Å². The van der Waals surface area contributed by atoms with Gasteiger partial charge < -0.3 is 15.0 Å². The Hall–Kier alpha value is -1.55. The van der Waals surface area contributed by atoms with Crippen molar-refractivity contribution in [2.75, 3.05) is 27.2 Å². The monoisotopic (exact) mass is 264 g/mol. The Kier molecular flexibility index (Phi) is 5.36. The van der Waals surface area contributed by atoms with E-state index in [0.717, 1.165) is 0 Å². The van der Waals surface area contributed by atoms with E-state index in [1.54, 1.807) is 0 Å². The third kappa shape index (κ3) is 5.30. The fraction of sp³-hybridized carbons (Fsp3) is 0.533. The molecular weight excluding hydrogens is 240 g/mol. The lowest BCUT2D eigenvalue weighted by molar-refractivity contribution is -0.123. The average Bonchev–Trinajstić information content (AvgIpc) is 2.35. The van der Waals surface area contributed by atoms with Crippen LogP contribution in [0.5, 0.6) is 5.75 Å². The number of aryl methyl sites for hydroxylation is 1. The maximum atomic E-state index is 11.7. The summed E-state index contributed by atoms with van der Waals surface area (Å²) in [5.74, 6) is 0.614. The number of ether oxygens (including phenoxy) is 1. The average molecular weight is 264 g/mol. The van der Waals surface area contributed by atoms with Crippen molar-refractivity contribution in [3.63, 3.8) is 0 Å². The van der Waals surface area contributed by atoms with Crippen LogP contribution in [0.15, 0.2) is 24.3 Å². The number of nitrogens with zero attached hydrogens (tertiary/aromatic N) is 1. The molecule has 0 radical (unpaired) electrons. The summed E-state index contributed by atoms with van der Waals surface area (Å²) in [4.78, 5) is 13.8. The van der Waals surface area contributed by atoms with E-state index >= 15 is 0 Å². The minimum Gasteiger partial charge on any atom is -0.484 e. The Morgan fingerprint density at radius 1 is 1.26 bits per heavy atom. The highest BCUT2D eigenvalue weighted by Crippen LogP contribution is 2.11. The number of carbonyl (C=O) groups excluding carboxylic acids is 1. The lowest BCUT2D eigenvalue weighted by Gasteiger charge is -2.32. The zero-order chi connectivity index (χ0) is 14.5. The van der Waals surface area contributed by atoms with Crippen LogP contribution in [0.2, 0.25) is 0 Å². The number of benzene rings is 1. The molecule has 0 saturated heterocycles. The van der Waals surface area contributed by atoms with Crippen LogP contribution in [0.4, 0.5) is 0 Å². The van der Waals surface area contributed by atoms with E-state index in [2.05, 4.69) is 24.1 Å². The smallest absolute Gasteiger partial charge is 0.258 e. The molecule has 0 saturated carbocycles. The van der Waals surface area contributed by atoms with E-state index in [1.807, 2.05) is 45.3 Å². The van der Waals surface area contributed by atoms with Crippen molar-refractivity contribution < 1.29 is 9.53 Å². The van der Waals surface area contributed by atoms with E-state index in [9.17, 15) is 4.79 Å². The van der Waals surface area contributed by atoms with Gasteiger partial charge in [0.15, 0.2) is 6.61 Å². The topological polar surface area (TPSA) is 41.6 Å². The van der Waals surface area contributed by atoms with Gasteiger partial charge in [-0.2, -0.15) is 0 Å². The molecule has 1 amide bonds. The molecule has 106 valence electrons. The van der Waals surface area contributed by atoms with Gasteiger partial charge in [0.25, 0.3) is 5.91 Å². The lowest BCUT2D eigenvalue weighted by Crippen LogP contribution is -2.48. The third-order valence-electron chi connectivity index (χ3n) is 3.32. The van der Waals surface area contributed by atoms with E-state index in [4.69, 9.17) is 4.74 Å². The van der Waals surface area contributed by atoms with Gasteiger partial charge in [-0.05, 0) is 47.0 Å². The molecule has 0 bridgehead atoms. The Bertz CT molecular complexity index is 411. The van der Waals surface area contributed by atoms with Crippen LogP contribution in [0, 0.1) is 6.92 Å². The molecule has 0 aliphatic rings. The van der Waals surface area contributed by atoms with Crippen molar-refractivity contribution in [2.45, 2.75) is 26.3 Å². The van der Waals surface area contributed by atoms with Crippen LogP contribution < -0.4 is 10.1 Å². The molecule has 19 heavy (non-hydrogen) atoms. The summed E-state index contributed by atoms with van der Waals surface area (Å²) in [5.41, 5.74) is 1.10. The molecule has 4 heteroatoms. The van der Waals surface area contributed by atoms with Gasteiger partial charge in [-0.15, -0.1) is 0 Å². The first kappa shape index (κ1) is 15.5. The first-order valence-corrected chi connectivity index (χ1v) is 6.45. The third-order valence-corrected chi connectivity index (χ3v) is 3.32. The predicted octanol–water partition coefficient (Wildman–Crippen LogP) is 1.83. The van der Waals surface area contributed by atoms with Gasteiger partial charge in [-0.1, -0.05) is 17.7 Å². The minimum absolute atomic E-state index is 0.0482. The van der Waals surface area contributed by atoms with E-state index in [1.165, 1.54) is 5.56 Å². The van der Waals surface area contributed by atoms with Gasteiger partial charge >= 0.3 is 0 Å². The highest BCUT2D eigenvalue weighted by molar-refractivity contribution is 5.77. The molecule has 4 nitrogen and oxygen atoms in total. The largest absolute Gasteiger partial charge is 0.484 e. The molecule has 0 atom stereocenters. The molecule has 1 aromatic carbocycles. The fourth-order valence-electron chi connectivity index (χ4n) is 1.31. The number of hydrogen-bond acceptors (Lipinski definition) is 3. The van der Waals surface area contributed by atoms with Crippen molar-refractivity contribution in [3.05, 3.63) is 29.8 Å². The Balaban J connectivity index is 2.34. The predicted molar refractivity (Wildman–Crippen MR) is 77.4 cm³/mol. The molecule has 0 aliphatic carbocycles. The fourth-order valence-corrected chi connectivity index (χ4v) is 1.31. The van der Waals surface area contributed by atoms with Crippen LogP contribution in [-0.2, 0) is 4.79 Å². The second-order valence-corrected chi connectivity index (χ2v) is 5.59. The molecule has 0 aromatic heterocycles. The molecule has 0 heterocycles. The summed E-state index contributed by atoms with van der Waals surface area (Å²) >= 11 is 0. The Morgan fingerprint density at radius 2 is 1.84 bits per heavy atom. The first-order valence-electron chi connectivity index (χ1n) is 6.45. The maximum Gasteiger partial charge on any atom is 0.258 e. The van der Waals surface area contributed by atoms with Crippen LogP contribution in [-0.4, -0.2) is 43.6 Å². The molecular formula is C15H24N2O2. The van der Waals surface area contributed by atoms with Crippen molar-refractivity contribution in [3.8, 4) is 5.75 Å². The molecule has 0 unspecified atom stereocenters. The van der Waals surface area contributed by atoms with E-state index in [-0.39, 0.29) is 18.1 Å². The maximum absolute atomic E-state index is 11.7.